The molecule has 0 radical (unpaired) electrons. The Bertz CT molecular complexity index is 745. The third-order valence-electron chi connectivity index (χ3n) is 5.79. The summed E-state index contributed by atoms with van der Waals surface area (Å²) in [4.78, 5) is 20.9. The van der Waals surface area contributed by atoms with Crippen molar-refractivity contribution in [3.8, 4) is 5.75 Å². The van der Waals surface area contributed by atoms with Crippen LogP contribution in [0.5, 0.6) is 5.75 Å². The number of H-pyrrole nitrogens is 1. The van der Waals surface area contributed by atoms with Crippen LogP contribution in [0.2, 0.25) is 0 Å². The van der Waals surface area contributed by atoms with Crippen molar-refractivity contribution in [3.05, 3.63) is 53.3 Å². The summed E-state index contributed by atoms with van der Waals surface area (Å²) in [6, 6.07) is 12.1. The number of amides is 1. The van der Waals surface area contributed by atoms with Crippen LogP contribution in [0, 0.1) is 5.92 Å². The van der Waals surface area contributed by atoms with E-state index in [-0.39, 0.29) is 5.91 Å². The van der Waals surface area contributed by atoms with Crippen LogP contribution < -0.4 is 4.74 Å². The van der Waals surface area contributed by atoms with Gasteiger partial charge in [-0.2, -0.15) is 0 Å². The number of hydrogen-bond acceptors (Lipinski definition) is 3. The van der Waals surface area contributed by atoms with Gasteiger partial charge in [-0.1, -0.05) is 19.1 Å². The van der Waals surface area contributed by atoms with E-state index in [0.717, 1.165) is 63.3 Å². The molecule has 5 nitrogen and oxygen atoms in total. The fourth-order valence-electron chi connectivity index (χ4n) is 3.83. The molecule has 1 aliphatic rings. The lowest BCUT2D eigenvalue weighted by Crippen LogP contribution is -2.41. The minimum absolute atomic E-state index is 0.118. The first-order valence-corrected chi connectivity index (χ1v) is 10.4. The van der Waals surface area contributed by atoms with Crippen molar-refractivity contribution >= 4 is 5.91 Å². The Kier molecular flexibility index (Phi) is 7.15. The van der Waals surface area contributed by atoms with Crippen LogP contribution in [0.4, 0.5) is 0 Å². The zero-order chi connectivity index (χ0) is 19.9. The van der Waals surface area contributed by atoms with Gasteiger partial charge in [0.25, 0.3) is 5.91 Å². The molecule has 0 atom stereocenters. The van der Waals surface area contributed by atoms with Gasteiger partial charge >= 0.3 is 0 Å². The summed E-state index contributed by atoms with van der Waals surface area (Å²) < 4.78 is 5.24. The average Bonchev–Trinajstić information content (AvgIpc) is 3.21. The van der Waals surface area contributed by atoms with Crippen LogP contribution in [0.15, 0.2) is 36.4 Å². The molecular formula is C23H33N3O2. The number of methoxy groups -OCH3 is 1. The molecule has 3 rings (SSSR count). The second-order valence-electron chi connectivity index (χ2n) is 7.85. The third-order valence-corrected chi connectivity index (χ3v) is 5.79. The van der Waals surface area contributed by atoms with Gasteiger partial charge in [-0.3, -0.25) is 4.79 Å². The lowest BCUT2D eigenvalue weighted by Gasteiger charge is -2.33. The number of nitrogens with one attached hydrogen (secondary N) is 1. The molecule has 0 spiro atoms. The number of benzene rings is 1. The molecule has 0 bridgehead atoms. The average molecular weight is 384 g/mol. The highest BCUT2D eigenvalue weighted by atomic mass is 16.5. The Morgan fingerprint density at radius 1 is 1.18 bits per heavy atom. The molecule has 1 aromatic carbocycles. The fourth-order valence-corrected chi connectivity index (χ4v) is 3.83. The largest absolute Gasteiger partial charge is 0.497 e. The number of rotatable bonds is 8. The van der Waals surface area contributed by atoms with Crippen molar-refractivity contribution < 1.29 is 9.53 Å². The number of likely N-dealkylation sites (tertiary alicyclic amines) is 1. The number of carbonyl (C=O) groups is 1. The van der Waals surface area contributed by atoms with Gasteiger partial charge in [0.15, 0.2) is 0 Å². The quantitative estimate of drug-likeness (QED) is 0.757. The van der Waals surface area contributed by atoms with Crippen LogP contribution in [-0.2, 0) is 12.8 Å². The Morgan fingerprint density at radius 3 is 2.50 bits per heavy atom. The molecule has 1 aromatic heterocycles. The highest BCUT2D eigenvalue weighted by Gasteiger charge is 2.24. The summed E-state index contributed by atoms with van der Waals surface area (Å²) in [7, 11) is 3.85. The predicted octanol–water partition coefficient (Wildman–Crippen LogP) is 3.61. The van der Waals surface area contributed by atoms with Crippen molar-refractivity contribution in [2.75, 3.05) is 40.3 Å². The van der Waals surface area contributed by atoms with Gasteiger partial charge in [-0.15, -0.1) is 0 Å². The number of piperidine rings is 1. The Labute approximate surface area is 168 Å². The number of aromatic nitrogens is 1. The smallest absolute Gasteiger partial charge is 0.270 e. The second kappa shape index (κ2) is 9.78. The molecule has 1 amide bonds. The molecule has 1 fully saturated rings. The van der Waals surface area contributed by atoms with Crippen LogP contribution in [0.3, 0.4) is 0 Å². The van der Waals surface area contributed by atoms with E-state index in [0.29, 0.717) is 11.6 Å². The summed E-state index contributed by atoms with van der Waals surface area (Å²) in [5.41, 5.74) is 3.04. The van der Waals surface area contributed by atoms with Gasteiger partial charge < -0.3 is 19.5 Å². The first kappa shape index (κ1) is 20.5. The molecule has 1 N–H and O–H groups in total. The van der Waals surface area contributed by atoms with E-state index in [2.05, 4.69) is 36.0 Å². The van der Waals surface area contributed by atoms with Crippen molar-refractivity contribution in [2.24, 2.45) is 5.92 Å². The van der Waals surface area contributed by atoms with Gasteiger partial charge in [0.2, 0.25) is 0 Å². The van der Waals surface area contributed by atoms with E-state index in [1.807, 2.05) is 29.2 Å². The second-order valence-corrected chi connectivity index (χ2v) is 7.85. The summed E-state index contributed by atoms with van der Waals surface area (Å²) >= 11 is 0. The summed E-state index contributed by atoms with van der Waals surface area (Å²) in [6.45, 7) is 5.91. The van der Waals surface area contributed by atoms with Crippen LogP contribution >= 0.6 is 0 Å². The maximum absolute atomic E-state index is 13.2. The molecule has 1 aliphatic heterocycles. The maximum atomic E-state index is 13.2. The van der Waals surface area contributed by atoms with E-state index >= 15 is 0 Å². The normalized spacial score (nSPS) is 15.5. The first-order valence-electron chi connectivity index (χ1n) is 10.4. The highest BCUT2D eigenvalue weighted by Crippen LogP contribution is 2.20. The first-order chi connectivity index (χ1) is 13.6. The van der Waals surface area contributed by atoms with E-state index in [9.17, 15) is 4.79 Å². The van der Waals surface area contributed by atoms with Gasteiger partial charge in [0.1, 0.15) is 11.4 Å². The minimum Gasteiger partial charge on any atom is -0.497 e. The molecule has 0 saturated carbocycles. The Balaban J connectivity index is 1.68. The van der Waals surface area contributed by atoms with Gasteiger partial charge in [-0.05, 0) is 81.6 Å². The maximum Gasteiger partial charge on any atom is 0.270 e. The number of nitrogens with zero attached hydrogens (tertiary/aromatic N) is 2. The van der Waals surface area contributed by atoms with Crippen molar-refractivity contribution in [1.82, 2.24) is 14.8 Å². The topological polar surface area (TPSA) is 48.6 Å². The molecular weight excluding hydrogens is 350 g/mol. The van der Waals surface area contributed by atoms with E-state index < -0.39 is 0 Å². The van der Waals surface area contributed by atoms with Crippen LogP contribution in [0.25, 0.3) is 0 Å². The minimum atomic E-state index is 0.118. The Morgan fingerprint density at radius 2 is 1.89 bits per heavy atom. The molecule has 2 aromatic rings. The summed E-state index contributed by atoms with van der Waals surface area (Å²) in [5, 5.41) is 0. The number of carbonyl (C=O) groups excluding carboxylic acids is 1. The molecule has 2 heterocycles. The standard InChI is InChI=1S/C23H33N3O2/c1-4-20-7-10-22(24-20)23(27)26(17-19-11-14-25(2)15-12-19)16-13-18-5-8-21(28-3)9-6-18/h5-10,19,24H,4,11-17H2,1-3H3. The van der Waals surface area contributed by atoms with Crippen molar-refractivity contribution in [1.29, 1.82) is 0 Å². The molecule has 0 unspecified atom stereocenters. The lowest BCUT2D eigenvalue weighted by atomic mass is 9.96. The number of aromatic amines is 1. The van der Waals surface area contributed by atoms with Crippen molar-refractivity contribution in [2.45, 2.75) is 32.6 Å². The summed E-state index contributed by atoms with van der Waals surface area (Å²) in [5.74, 6) is 1.56. The van der Waals surface area contributed by atoms with Crippen LogP contribution in [-0.4, -0.2) is 61.0 Å². The molecule has 1 saturated heterocycles. The predicted molar refractivity (Wildman–Crippen MR) is 113 cm³/mol. The SMILES string of the molecule is CCc1ccc(C(=O)N(CCc2ccc(OC)cc2)CC2CCN(C)CC2)[nH]1. The van der Waals surface area contributed by atoms with E-state index in [1.165, 1.54) is 5.56 Å². The van der Waals surface area contributed by atoms with Crippen molar-refractivity contribution in [3.63, 3.8) is 0 Å². The highest BCUT2D eigenvalue weighted by molar-refractivity contribution is 5.92. The van der Waals surface area contributed by atoms with Gasteiger partial charge in [0.05, 0.1) is 7.11 Å². The monoisotopic (exact) mass is 383 g/mol. The molecule has 0 aliphatic carbocycles. The molecule has 5 heteroatoms. The van der Waals surface area contributed by atoms with Crippen LogP contribution in [0.1, 0.15) is 41.5 Å². The van der Waals surface area contributed by atoms with E-state index in [4.69, 9.17) is 4.74 Å². The number of ether oxygens (including phenoxy) is 1. The number of aryl methyl sites for hydroxylation is 1. The number of hydrogen-bond donors (Lipinski definition) is 1. The Hall–Kier alpha value is -2.27. The zero-order valence-corrected chi connectivity index (χ0v) is 17.4. The molecule has 28 heavy (non-hydrogen) atoms. The third kappa shape index (κ3) is 5.38. The van der Waals surface area contributed by atoms with Gasteiger partial charge in [-0.25, -0.2) is 0 Å². The zero-order valence-electron chi connectivity index (χ0n) is 17.4. The summed E-state index contributed by atoms with van der Waals surface area (Å²) in [6.07, 6.45) is 4.08. The van der Waals surface area contributed by atoms with Gasteiger partial charge in [0, 0.05) is 18.8 Å². The lowest BCUT2D eigenvalue weighted by molar-refractivity contribution is 0.0695. The van der Waals surface area contributed by atoms with E-state index in [1.54, 1.807) is 7.11 Å². The molecule has 152 valence electrons. The fraction of sp³-hybridized carbons (Fsp3) is 0.522.